The van der Waals surface area contributed by atoms with Crippen LogP contribution in [0.15, 0.2) is 18.2 Å². The molecule has 2 nitrogen and oxygen atoms in total. The van der Waals surface area contributed by atoms with Gasteiger partial charge in [-0.2, -0.15) is 0 Å². The summed E-state index contributed by atoms with van der Waals surface area (Å²) in [7, 11) is 0. The summed E-state index contributed by atoms with van der Waals surface area (Å²) in [5, 5.41) is 0. The van der Waals surface area contributed by atoms with Crippen LogP contribution in [0.2, 0.25) is 0 Å². The molecule has 0 bridgehead atoms. The van der Waals surface area contributed by atoms with Crippen molar-refractivity contribution in [1.82, 2.24) is 0 Å². The predicted molar refractivity (Wildman–Crippen MR) is 60.6 cm³/mol. The Morgan fingerprint density at radius 1 is 1.50 bits per heavy atom. The number of benzene rings is 1. The van der Waals surface area contributed by atoms with Gasteiger partial charge in [-0.3, -0.25) is 0 Å². The zero-order valence-electron chi connectivity index (χ0n) is 8.32. The van der Waals surface area contributed by atoms with E-state index in [1.807, 2.05) is 12.1 Å². The van der Waals surface area contributed by atoms with Crippen molar-refractivity contribution in [3.63, 3.8) is 0 Å². The molecule has 0 aliphatic heterocycles. The molecule has 1 aliphatic carbocycles. The zero-order valence-corrected chi connectivity index (χ0v) is 9.14. The van der Waals surface area contributed by atoms with Crippen LogP contribution in [0.3, 0.4) is 0 Å². The molecule has 1 aromatic rings. The van der Waals surface area contributed by atoms with Crippen LogP contribution in [-0.4, -0.2) is 10.8 Å². The van der Waals surface area contributed by atoms with Gasteiger partial charge in [0.1, 0.15) is 5.75 Å². The van der Waals surface area contributed by atoms with Crippen LogP contribution in [0.5, 0.6) is 0 Å². The second-order valence-corrected chi connectivity index (χ2v) is 5.39. The molecule has 0 amide bonds. The van der Waals surface area contributed by atoms with Gasteiger partial charge in [0, 0.05) is 11.3 Å². The molecule has 1 aliphatic rings. The summed E-state index contributed by atoms with van der Waals surface area (Å²) in [6.07, 6.45) is 4.28. The van der Waals surface area contributed by atoms with E-state index in [1.54, 1.807) is 6.26 Å². The number of nitrogens with two attached hydrogens (primary N) is 1. The Kier molecular flexibility index (Phi) is 2.70. The molecule has 1 unspecified atom stereocenters. The summed E-state index contributed by atoms with van der Waals surface area (Å²) in [5.41, 5.74) is 9.03. The van der Waals surface area contributed by atoms with E-state index >= 15 is 0 Å². The highest BCUT2D eigenvalue weighted by Crippen LogP contribution is 2.42. The van der Waals surface area contributed by atoms with Crippen molar-refractivity contribution in [2.75, 3.05) is 12.0 Å². The molecule has 1 atom stereocenters. The van der Waals surface area contributed by atoms with Crippen molar-refractivity contribution in [2.45, 2.75) is 24.5 Å². The van der Waals surface area contributed by atoms with Gasteiger partial charge in [0.05, 0.1) is 6.26 Å². The van der Waals surface area contributed by atoms with Gasteiger partial charge in [-0.25, -0.2) is 0 Å². The highest BCUT2D eigenvalue weighted by molar-refractivity contribution is 7.89. The molecule has 0 saturated heterocycles. The van der Waals surface area contributed by atoms with Gasteiger partial charge in [-0.05, 0) is 36.5 Å². The summed E-state index contributed by atoms with van der Waals surface area (Å²) in [5.74, 6) is 1.34. The topological polar surface area (TPSA) is 49.1 Å². The second kappa shape index (κ2) is 3.83. The number of nitrogen functional groups attached to an aromatic ring is 1. The van der Waals surface area contributed by atoms with Crippen LogP contribution in [0.4, 0.5) is 5.69 Å². The Hall–Kier alpha value is -0.670. The standard InChI is InChI=1S/C11H15NOS/c1-14(13)7-9-6-10(12)4-5-11(9)8-2-3-8/h4-6,8H,2-3,7,12H2,1H3. The van der Waals surface area contributed by atoms with Crippen molar-refractivity contribution in [1.29, 1.82) is 0 Å². The third-order valence-corrected chi connectivity index (χ3v) is 3.26. The van der Waals surface area contributed by atoms with Gasteiger partial charge in [0.2, 0.25) is 0 Å². The average molecular weight is 209 g/mol. The second-order valence-electron chi connectivity index (χ2n) is 3.95. The maximum Gasteiger partial charge on any atom is 0.130 e. The van der Waals surface area contributed by atoms with Crippen molar-refractivity contribution >= 4 is 16.9 Å². The van der Waals surface area contributed by atoms with E-state index in [2.05, 4.69) is 6.07 Å². The Labute approximate surface area is 87.7 Å². The largest absolute Gasteiger partial charge is 0.616 e. The molecular weight excluding hydrogens is 194 g/mol. The summed E-state index contributed by atoms with van der Waals surface area (Å²) < 4.78 is 11.2. The van der Waals surface area contributed by atoms with Crippen LogP contribution in [-0.2, 0) is 16.9 Å². The first kappa shape index (κ1) is 9.87. The lowest BCUT2D eigenvalue weighted by atomic mass is 10.0. The minimum Gasteiger partial charge on any atom is -0.616 e. The first-order chi connectivity index (χ1) is 6.66. The van der Waals surface area contributed by atoms with E-state index in [4.69, 9.17) is 5.73 Å². The Morgan fingerprint density at radius 2 is 2.21 bits per heavy atom. The Balaban J connectivity index is 2.28. The summed E-state index contributed by atoms with van der Waals surface area (Å²) in [4.78, 5) is 0. The summed E-state index contributed by atoms with van der Waals surface area (Å²) in [6, 6.07) is 6.00. The van der Waals surface area contributed by atoms with Crippen molar-refractivity contribution in [3.05, 3.63) is 29.3 Å². The molecule has 1 saturated carbocycles. The molecule has 3 heteroatoms. The van der Waals surface area contributed by atoms with E-state index in [0.717, 1.165) is 5.69 Å². The van der Waals surface area contributed by atoms with Crippen LogP contribution < -0.4 is 5.73 Å². The third-order valence-electron chi connectivity index (χ3n) is 2.54. The SMILES string of the molecule is C[S+]([O-])Cc1cc(N)ccc1C1CC1. The van der Waals surface area contributed by atoms with E-state index < -0.39 is 11.2 Å². The van der Waals surface area contributed by atoms with E-state index in [1.165, 1.54) is 24.0 Å². The highest BCUT2D eigenvalue weighted by atomic mass is 32.2. The molecule has 0 aromatic heterocycles. The number of anilines is 1. The van der Waals surface area contributed by atoms with Gasteiger partial charge in [0.25, 0.3) is 0 Å². The monoisotopic (exact) mass is 209 g/mol. The van der Waals surface area contributed by atoms with Crippen LogP contribution in [0.25, 0.3) is 0 Å². The number of hydrogen-bond acceptors (Lipinski definition) is 2. The molecule has 1 fully saturated rings. The third kappa shape index (κ3) is 2.22. The van der Waals surface area contributed by atoms with Crippen LogP contribution in [0, 0.1) is 0 Å². The fourth-order valence-electron chi connectivity index (χ4n) is 1.76. The maximum atomic E-state index is 11.2. The lowest BCUT2D eigenvalue weighted by Crippen LogP contribution is -2.04. The molecule has 1 aromatic carbocycles. The molecule has 0 heterocycles. The van der Waals surface area contributed by atoms with E-state index in [0.29, 0.717) is 11.7 Å². The van der Waals surface area contributed by atoms with Gasteiger partial charge >= 0.3 is 0 Å². The minimum absolute atomic E-state index is 0.636. The van der Waals surface area contributed by atoms with Crippen LogP contribution in [0.1, 0.15) is 29.9 Å². The summed E-state index contributed by atoms with van der Waals surface area (Å²) >= 11 is -0.779. The van der Waals surface area contributed by atoms with Gasteiger partial charge in [0.15, 0.2) is 0 Å². The number of rotatable bonds is 3. The fraction of sp³-hybridized carbons (Fsp3) is 0.455. The highest BCUT2D eigenvalue weighted by Gasteiger charge is 2.26. The number of hydrogen-bond donors (Lipinski definition) is 1. The maximum absolute atomic E-state index is 11.2. The van der Waals surface area contributed by atoms with E-state index in [9.17, 15) is 4.55 Å². The normalized spacial score (nSPS) is 18.1. The first-order valence-corrected chi connectivity index (χ1v) is 6.58. The first-order valence-electron chi connectivity index (χ1n) is 4.85. The van der Waals surface area contributed by atoms with Gasteiger partial charge < -0.3 is 10.3 Å². The summed E-state index contributed by atoms with van der Waals surface area (Å²) in [6.45, 7) is 0. The van der Waals surface area contributed by atoms with Crippen LogP contribution >= 0.6 is 0 Å². The smallest absolute Gasteiger partial charge is 0.130 e. The minimum atomic E-state index is -0.779. The molecule has 76 valence electrons. The molecular formula is C11H15NOS. The average Bonchev–Trinajstić information content (AvgIpc) is 2.86. The van der Waals surface area contributed by atoms with Crippen molar-refractivity contribution < 1.29 is 4.55 Å². The van der Waals surface area contributed by atoms with E-state index in [-0.39, 0.29) is 0 Å². The van der Waals surface area contributed by atoms with Gasteiger partial charge in [-0.1, -0.05) is 17.2 Å². The fourth-order valence-corrected chi connectivity index (χ4v) is 2.45. The quantitative estimate of drug-likeness (QED) is 0.611. The Bertz CT molecular complexity index is 334. The lowest BCUT2D eigenvalue weighted by Gasteiger charge is -2.10. The van der Waals surface area contributed by atoms with Crippen molar-refractivity contribution in [2.24, 2.45) is 0 Å². The molecule has 2 N–H and O–H groups in total. The molecule has 0 radical (unpaired) electrons. The van der Waals surface area contributed by atoms with Gasteiger partial charge in [-0.15, -0.1) is 0 Å². The molecule has 2 rings (SSSR count). The molecule has 0 spiro atoms. The predicted octanol–water partition coefficient (Wildman–Crippen LogP) is 2.02. The zero-order chi connectivity index (χ0) is 10.1. The Morgan fingerprint density at radius 3 is 2.79 bits per heavy atom. The van der Waals surface area contributed by atoms with Crippen molar-refractivity contribution in [3.8, 4) is 0 Å². The lowest BCUT2D eigenvalue weighted by molar-refractivity contribution is 0.600. The molecule has 14 heavy (non-hydrogen) atoms.